The molecule has 0 aliphatic heterocycles. The van der Waals surface area contributed by atoms with E-state index in [1.54, 1.807) is 24.3 Å². The summed E-state index contributed by atoms with van der Waals surface area (Å²) >= 11 is 0. The number of methoxy groups -OCH3 is 1. The van der Waals surface area contributed by atoms with Gasteiger partial charge in [-0.15, -0.1) is 0 Å². The van der Waals surface area contributed by atoms with Crippen molar-refractivity contribution in [2.75, 3.05) is 7.11 Å². The van der Waals surface area contributed by atoms with Crippen LogP contribution in [-0.2, 0) is 16.6 Å². The second kappa shape index (κ2) is 7.20. The first-order valence-corrected chi connectivity index (χ1v) is 6.88. The normalized spacial score (nSPS) is 13.0. The van der Waals surface area contributed by atoms with Crippen LogP contribution in [0.5, 0.6) is 5.75 Å². The lowest BCUT2D eigenvalue weighted by molar-refractivity contribution is -0.223. The number of halogens is 3. The zero-order valence-electron chi connectivity index (χ0n) is 12.9. The standard InChI is InChI=1S/C16H15F3N2O3/c1-21-9-8-20-15(21)14(16(17,18)19)24-13(22)7-6-11-4-3-5-12(10-11)23-2/h3-10,14H,1-2H3. The Hall–Kier alpha value is -2.77. The topological polar surface area (TPSA) is 53.4 Å². The van der Waals surface area contributed by atoms with E-state index in [1.165, 1.54) is 32.6 Å². The van der Waals surface area contributed by atoms with Crippen LogP contribution in [0, 0.1) is 0 Å². The second-order valence-electron chi connectivity index (χ2n) is 4.86. The van der Waals surface area contributed by atoms with E-state index in [0.29, 0.717) is 11.3 Å². The number of hydrogen-bond acceptors (Lipinski definition) is 4. The summed E-state index contributed by atoms with van der Waals surface area (Å²) in [6.07, 6.45) is -2.38. The molecular formula is C16H15F3N2O3. The molecule has 128 valence electrons. The molecule has 0 aliphatic carbocycles. The van der Waals surface area contributed by atoms with Crippen molar-refractivity contribution in [3.05, 3.63) is 54.1 Å². The van der Waals surface area contributed by atoms with Crippen LogP contribution < -0.4 is 4.74 Å². The van der Waals surface area contributed by atoms with Gasteiger partial charge in [-0.3, -0.25) is 0 Å². The number of ether oxygens (including phenoxy) is 2. The highest BCUT2D eigenvalue weighted by Gasteiger charge is 2.46. The molecule has 0 N–H and O–H groups in total. The number of aromatic nitrogens is 2. The number of benzene rings is 1. The van der Waals surface area contributed by atoms with E-state index in [4.69, 9.17) is 4.74 Å². The summed E-state index contributed by atoms with van der Waals surface area (Å²) in [6, 6.07) is 6.70. The van der Waals surface area contributed by atoms with Crippen LogP contribution in [0.15, 0.2) is 42.7 Å². The molecule has 0 spiro atoms. The highest BCUT2D eigenvalue weighted by Crippen LogP contribution is 2.35. The number of carbonyl (C=O) groups excluding carboxylic acids is 1. The van der Waals surface area contributed by atoms with Gasteiger partial charge in [0.15, 0.2) is 5.82 Å². The lowest BCUT2D eigenvalue weighted by Gasteiger charge is -2.19. The number of carbonyl (C=O) groups is 1. The van der Waals surface area contributed by atoms with Crippen LogP contribution in [0.2, 0.25) is 0 Å². The number of nitrogens with zero attached hydrogens (tertiary/aromatic N) is 2. The molecule has 0 radical (unpaired) electrons. The highest BCUT2D eigenvalue weighted by molar-refractivity contribution is 5.87. The van der Waals surface area contributed by atoms with Gasteiger partial charge in [0.2, 0.25) is 0 Å². The van der Waals surface area contributed by atoms with Gasteiger partial charge in [0.25, 0.3) is 6.10 Å². The predicted octanol–water partition coefficient (Wildman–Crippen LogP) is 3.29. The van der Waals surface area contributed by atoms with E-state index in [1.807, 2.05) is 0 Å². The first-order valence-electron chi connectivity index (χ1n) is 6.88. The third-order valence-electron chi connectivity index (χ3n) is 3.13. The lowest BCUT2D eigenvalue weighted by atomic mass is 10.2. The van der Waals surface area contributed by atoms with Gasteiger partial charge in [-0.05, 0) is 23.8 Å². The largest absolute Gasteiger partial charge is 0.497 e. The maximum absolute atomic E-state index is 13.1. The Labute approximate surface area is 136 Å². The molecule has 1 unspecified atom stereocenters. The Morgan fingerprint density at radius 3 is 2.71 bits per heavy atom. The van der Waals surface area contributed by atoms with E-state index in [9.17, 15) is 18.0 Å². The molecular weight excluding hydrogens is 325 g/mol. The van der Waals surface area contributed by atoms with Gasteiger partial charge in [-0.1, -0.05) is 12.1 Å². The van der Waals surface area contributed by atoms with Crippen LogP contribution in [0.4, 0.5) is 13.2 Å². The molecule has 1 aromatic heterocycles. The van der Waals surface area contributed by atoms with Gasteiger partial charge in [0, 0.05) is 25.5 Å². The Balaban J connectivity index is 2.13. The number of esters is 1. The van der Waals surface area contributed by atoms with E-state index >= 15 is 0 Å². The summed E-state index contributed by atoms with van der Waals surface area (Å²) < 4.78 is 50.1. The van der Waals surface area contributed by atoms with Crippen molar-refractivity contribution >= 4 is 12.0 Å². The number of alkyl halides is 3. The molecule has 1 atom stereocenters. The molecule has 0 saturated heterocycles. The summed E-state index contributed by atoms with van der Waals surface area (Å²) in [7, 11) is 2.87. The third-order valence-corrected chi connectivity index (χ3v) is 3.13. The molecule has 2 aromatic rings. The van der Waals surface area contributed by atoms with E-state index < -0.39 is 24.1 Å². The number of hydrogen-bond donors (Lipinski definition) is 0. The maximum Gasteiger partial charge on any atom is 0.432 e. The average Bonchev–Trinajstić information content (AvgIpc) is 2.95. The Morgan fingerprint density at radius 1 is 1.38 bits per heavy atom. The van der Waals surface area contributed by atoms with Gasteiger partial charge in [0.1, 0.15) is 5.75 Å². The quantitative estimate of drug-likeness (QED) is 0.619. The number of rotatable bonds is 5. The first kappa shape index (κ1) is 17.6. The molecule has 0 amide bonds. The molecule has 1 heterocycles. The lowest BCUT2D eigenvalue weighted by Crippen LogP contribution is -2.28. The zero-order valence-corrected chi connectivity index (χ0v) is 12.9. The molecule has 0 saturated carbocycles. The minimum Gasteiger partial charge on any atom is -0.497 e. The fourth-order valence-corrected chi connectivity index (χ4v) is 1.96. The van der Waals surface area contributed by atoms with Crippen LogP contribution in [0.3, 0.4) is 0 Å². The van der Waals surface area contributed by atoms with Crippen molar-refractivity contribution in [1.29, 1.82) is 0 Å². The van der Waals surface area contributed by atoms with E-state index in [0.717, 1.165) is 10.6 Å². The summed E-state index contributed by atoms with van der Waals surface area (Å²) in [4.78, 5) is 15.4. The molecule has 2 rings (SSSR count). The van der Waals surface area contributed by atoms with Crippen molar-refractivity contribution in [2.24, 2.45) is 7.05 Å². The molecule has 0 fully saturated rings. The minimum atomic E-state index is -4.77. The molecule has 8 heteroatoms. The van der Waals surface area contributed by atoms with Crippen LogP contribution in [0.25, 0.3) is 6.08 Å². The van der Waals surface area contributed by atoms with Crippen molar-refractivity contribution in [2.45, 2.75) is 12.3 Å². The summed E-state index contributed by atoms with van der Waals surface area (Å²) in [5.41, 5.74) is 0.590. The molecule has 5 nitrogen and oxygen atoms in total. The summed E-state index contributed by atoms with van der Waals surface area (Å²) in [5.74, 6) is -0.958. The predicted molar refractivity (Wildman–Crippen MR) is 80.1 cm³/mol. The average molecular weight is 340 g/mol. The fraction of sp³-hybridized carbons (Fsp3) is 0.250. The smallest absolute Gasteiger partial charge is 0.432 e. The van der Waals surface area contributed by atoms with E-state index in [2.05, 4.69) is 9.72 Å². The minimum absolute atomic E-state index is 0.398. The summed E-state index contributed by atoms with van der Waals surface area (Å²) in [5, 5.41) is 0. The van der Waals surface area contributed by atoms with Gasteiger partial charge in [-0.2, -0.15) is 13.2 Å². The SMILES string of the molecule is COc1cccc(C=CC(=O)OC(c2nccn2C)C(F)(F)F)c1. The first-order chi connectivity index (χ1) is 11.3. The second-order valence-corrected chi connectivity index (χ2v) is 4.86. The fourth-order valence-electron chi connectivity index (χ4n) is 1.96. The van der Waals surface area contributed by atoms with Crippen molar-refractivity contribution < 1.29 is 27.4 Å². The zero-order chi connectivity index (χ0) is 17.7. The van der Waals surface area contributed by atoms with Gasteiger partial charge in [0.05, 0.1) is 7.11 Å². The Kier molecular flexibility index (Phi) is 5.28. The van der Waals surface area contributed by atoms with E-state index in [-0.39, 0.29) is 0 Å². The van der Waals surface area contributed by atoms with Crippen LogP contribution in [0.1, 0.15) is 17.5 Å². The van der Waals surface area contributed by atoms with Gasteiger partial charge >= 0.3 is 12.1 Å². The molecule has 0 aliphatic rings. The van der Waals surface area contributed by atoms with Crippen LogP contribution in [-0.4, -0.2) is 28.8 Å². The van der Waals surface area contributed by atoms with Gasteiger partial charge in [-0.25, -0.2) is 9.78 Å². The summed E-state index contributed by atoms with van der Waals surface area (Å²) in [6.45, 7) is 0. The van der Waals surface area contributed by atoms with Crippen molar-refractivity contribution in [3.63, 3.8) is 0 Å². The molecule has 24 heavy (non-hydrogen) atoms. The molecule has 1 aromatic carbocycles. The van der Waals surface area contributed by atoms with Gasteiger partial charge < -0.3 is 14.0 Å². The monoisotopic (exact) mass is 340 g/mol. The Bertz CT molecular complexity index is 738. The van der Waals surface area contributed by atoms with Crippen LogP contribution >= 0.6 is 0 Å². The molecule has 0 bridgehead atoms. The third kappa shape index (κ3) is 4.37. The maximum atomic E-state index is 13.1. The number of imidazole rings is 1. The number of aryl methyl sites for hydroxylation is 1. The van der Waals surface area contributed by atoms with Crippen molar-refractivity contribution in [1.82, 2.24) is 9.55 Å². The Morgan fingerprint density at radius 2 is 2.12 bits per heavy atom. The highest BCUT2D eigenvalue weighted by atomic mass is 19.4. The van der Waals surface area contributed by atoms with Crippen molar-refractivity contribution in [3.8, 4) is 5.75 Å².